The fourth-order valence-electron chi connectivity index (χ4n) is 1.61. The molecule has 1 heterocycles. The second kappa shape index (κ2) is 3.22. The summed E-state index contributed by atoms with van der Waals surface area (Å²) < 4.78 is 5.40. The molecule has 1 rings (SSSR count). The van der Waals surface area contributed by atoms with Crippen molar-refractivity contribution < 1.29 is 14.6 Å². The highest BCUT2D eigenvalue weighted by atomic mass is 16.5. The third-order valence-electron chi connectivity index (χ3n) is 2.05. The molecule has 0 aliphatic carbocycles. The second-order valence-electron chi connectivity index (χ2n) is 3.26. The van der Waals surface area contributed by atoms with Crippen LogP contribution in [0.2, 0.25) is 0 Å². The summed E-state index contributed by atoms with van der Waals surface area (Å²) in [5.74, 6) is -0.888. The predicted octanol–water partition coefficient (Wildman–Crippen LogP) is 1.27. The summed E-state index contributed by atoms with van der Waals surface area (Å²) in [5.41, 5.74) is 0. The highest BCUT2D eigenvalue weighted by molar-refractivity contribution is 5.70. The van der Waals surface area contributed by atoms with Gasteiger partial charge >= 0.3 is 5.97 Å². The molecule has 64 valence electrons. The van der Waals surface area contributed by atoms with Crippen molar-refractivity contribution >= 4 is 5.97 Å². The molecule has 0 bridgehead atoms. The molecular formula is C8H14O3. The van der Waals surface area contributed by atoms with Crippen molar-refractivity contribution in [1.82, 2.24) is 0 Å². The van der Waals surface area contributed by atoms with E-state index in [1.807, 2.05) is 13.8 Å². The molecule has 1 saturated heterocycles. The standard InChI is InChI=1S/C8H14O3/c1-5-3-7(8(9)10)4-6(2)11-5/h5-7H,3-4H2,1-2H3,(H,9,10)/t5-,6-/m1/s1. The number of rotatable bonds is 1. The van der Waals surface area contributed by atoms with Crippen LogP contribution in [0.5, 0.6) is 0 Å². The Balaban J connectivity index is 2.49. The minimum absolute atomic E-state index is 0.0971. The third-order valence-corrected chi connectivity index (χ3v) is 2.05. The summed E-state index contributed by atoms with van der Waals surface area (Å²) in [7, 11) is 0. The Hall–Kier alpha value is -0.570. The van der Waals surface area contributed by atoms with E-state index in [-0.39, 0.29) is 18.1 Å². The molecule has 0 aromatic carbocycles. The van der Waals surface area contributed by atoms with E-state index in [0.29, 0.717) is 12.8 Å². The van der Waals surface area contributed by atoms with Crippen molar-refractivity contribution in [3.8, 4) is 0 Å². The molecule has 1 aliphatic heterocycles. The van der Waals surface area contributed by atoms with Gasteiger partial charge in [-0.15, -0.1) is 0 Å². The first-order valence-electron chi connectivity index (χ1n) is 3.98. The predicted molar refractivity (Wildman–Crippen MR) is 40.4 cm³/mol. The van der Waals surface area contributed by atoms with Gasteiger partial charge in [-0.25, -0.2) is 0 Å². The van der Waals surface area contributed by atoms with Crippen LogP contribution in [0.25, 0.3) is 0 Å². The number of carboxylic acid groups (broad SMARTS) is 1. The molecule has 1 aliphatic rings. The molecular weight excluding hydrogens is 144 g/mol. The van der Waals surface area contributed by atoms with E-state index in [0.717, 1.165) is 0 Å². The van der Waals surface area contributed by atoms with Crippen molar-refractivity contribution in [2.45, 2.75) is 38.9 Å². The minimum Gasteiger partial charge on any atom is -0.481 e. The van der Waals surface area contributed by atoms with E-state index < -0.39 is 5.97 Å². The van der Waals surface area contributed by atoms with Crippen LogP contribution in [-0.4, -0.2) is 23.3 Å². The van der Waals surface area contributed by atoms with E-state index in [1.165, 1.54) is 0 Å². The summed E-state index contributed by atoms with van der Waals surface area (Å²) in [6, 6.07) is 0. The number of carboxylic acids is 1. The number of aliphatic carboxylic acids is 1. The van der Waals surface area contributed by atoms with Crippen LogP contribution in [0.1, 0.15) is 26.7 Å². The van der Waals surface area contributed by atoms with Crippen molar-refractivity contribution in [3.63, 3.8) is 0 Å². The third kappa shape index (κ3) is 2.19. The van der Waals surface area contributed by atoms with E-state index >= 15 is 0 Å². The normalized spacial score (nSPS) is 38.5. The molecule has 0 amide bonds. The Labute approximate surface area is 66.4 Å². The quantitative estimate of drug-likeness (QED) is 0.625. The average molecular weight is 158 g/mol. The second-order valence-corrected chi connectivity index (χ2v) is 3.26. The van der Waals surface area contributed by atoms with Crippen LogP contribution in [0, 0.1) is 5.92 Å². The highest BCUT2D eigenvalue weighted by Gasteiger charge is 2.28. The van der Waals surface area contributed by atoms with Gasteiger partial charge in [0.15, 0.2) is 0 Å². The molecule has 3 nitrogen and oxygen atoms in total. The first kappa shape index (κ1) is 8.53. The Kier molecular flexibility index (Phi) is 2.49. The lowest BCUT2D eigenvalue weighted by Gasteiger charge is -2.29. The first-order chi connectivity index (χ1) is 5.09. The topological polar surface area (TPSA) is 46.5 Å². The van der Waals surface area contributed by atoms with Gasteiger partial charge < -0.3 is 9.84 Å². The lowest BCUT2D eigenvalue weighted by molar-refractivity contribution is -0.149. The van der Waals surface area contributed by atoms with Crippen molar-refractivity contribution in [2.24, 2.45) is 5.92 Å². The fourth-order valence-corrected chi connectivity index (χ4v) is 1.61. The molecule has 11 heavy (non-hydrogen) atoms. The Bertz CT molecular complexity index is 145. The number of hydrogen-bond acceptors (Lipinski definition) is 2. The molecule has 0 spiro atoms. The van der Waals surface area contributed by atoms with E-state index in [1.54, 1.807) is 0 Å². The van der Waals surface area contributed by atoms with Gasteiger partial charge in [0, 0.05) is 0 Å². The maximum Gasteiger partial charge on any atom is 0.306 e. The fraction of sp³-hybridized carbons (Fsp3) is 0.875. The van der Waals surface area contributed by atoms with Crippen LogP contribution in [0.3, 0.4) is 0 Å². The lowest BCUT2D eigenvalue weighted by atomic mass is 9.93. The van der Waals surface area contributed by atoms with E-state index in [4.69, 9.17) is 9.84 Å². The van der Waals surface area contributed by atoms with Crippen LogP contribution >= 0.6 is 0 Å². The Morgan fingerprint density at radius 2 is 1.82 bits per heavy atom. The van der Waals surface area contributed by atoms with Gasteiger partial charge in [-0.1, -0.05) is 0 Å². The summed E-state index contributed by atoms with van der Waals surface area (Å²) in [6.45, 7) is 3.84. The molecule has 0 saturated carbocycles. The summed E-state index contributed by atoms with van der Waals surface area (Å²) >= 11 is 0. The van der Waals surface area contributed by atoms with E-state index in [9.17, 15) is 4.79 Å². The van der Waals surface area contributed by atoms with Crippen molar-refractivity contribution in [3.05, 3.63) is 0 Å². The molecule has 2 atom stereocenters. The maximum absolute atomic E-state index is 10.6. The monoisotopic (exact) mass is 158 g/mol. The van der Waals surface area contributed by atoms with E-state index in [2.05, 4.69) is 0 Å². The van der Waals surface area contributed by atoms with Crippen LogP contribution in [-0.2, 0) is 9.53 Å². The number of carbonyl (C=O) groups is 1. The molecule has 0 aromatic heterocycles. The Morgan fingerprint density at radius 3 is 2.18 bits per heavy atom. The van der Waals surface area contributed by atoms with Gasteiger partial charge in [0.1, 0.15) is 0 Å². The molecule has 1 N–H and O–H groups in total. The zero-order chi connectivity index (χ0) is 8.43. The van der Waals surface area contributed by atoms with Crippen LogP contribution < -0.4 is 0 Å². The summed E-state index contributed by atoms with van der Waals surface area (Å²) in [4.78, 5) is 10.6. The zero-order valence-corrected chi connectivity index (χ0v) is 6.91. The number of hydrogen-bond donors (Lipinski definition) is 1. The van der Waals surface area contributed by atoms with Gasteiger partial charge in [-0.3, -0.25) is 4.79 Å². The van der Waals surface area contributed by atoms with Crippen molar-refractivity contribution in [2.75, 3.05) is 0 Å². The zero-order valence-electron chi connectivity index (χ0n) is 6.91. The molecule has 1 fully saturated rings. The molecule has 0 aromatic rings. The van der Waals surface area contributed by atoms with Gasteiger partial charge in [-0.05, 0) is 26.7 Å². The first-order valence-corrected chi connectivity index (χ1v) is 3.98. The lowest BCUT2D eigenvalue weighted by Crippen LogP contribution is -2.33. The molecule has 3 heteroatoms. The SMILES string of the molecule is C[C@@H]1CC(C(=O)O)C[C@@H](C)O1. The highest BCUT2D eigenvalue weighted by Crippen LogP contribution is 2.24. The number of ether oxygens (including phenoxy) is 1. The smallest absolute Gasteiger partial charge is 0.306 e. The molecule has 0 radical (unpaired) electrons. The van der Waals surface area contributed by atoms with Gasteiger partial charge in [-0.2, -0.15) is 0 Å². The van der Waals surface area contributed by atoms with Crippen LogP contribution in [0.4, 0.5) is 0 Å². The minimum atomic E-state index is -0.688. The maximum atomic E-state index is 10.6. The van der Waals surface area contributed by atoms with Gasteiger partial charge in [0.05, 0.1) is 18.1 Å². The summed E-state index contributed by atoms with van der Waals surface area (Å²) in [5, 5.41) is 8.72. The Morgan fingerprint density at radius 1 is 1.36 bits per heavy atom. The van der Waals surface area contributed by atoms with Gasteiger partial charge in [0.25, 0.3) is 0 Å². The van der Waals surface area contributed by atoms with Crippen molar-refractivity contribution in [1.29, 1.82) is 0 Å². The summed E-state index contributed by atoms with van der Waals surface area (Å²) in [6.07, 6.45) is 1.50. The molecule has 0 unspecified atom stereocenters. The van der Waals surface area contributed by atoms with Crippen LogP contribution in [0.15, 0.2) is 0 Å². The average Bonchev–Trinajstić information content (AvgIpc) is 1.85. The largest absolute Gasteiger partial charge is 0.481 e. The van der Waals surface area contributed by atoms with Gasteiger partial charge in [0.2, 0.25) is 0 Å².